The Morgan fingerprint density at radius 3 is 2.69 bits per heavy atom. The number of rotatable bonds is 10. The van der Waals surface area contributed by atoms with E-state index in [4.69, 9.17) is 9.47 Å². The fraction of sp³-hybridized carbons (Fsp3) is 0.375. The van der Waals surface area contributed by atoms with Crippen LogP contribution in [0, 0.1) is 0 Å². The molecule has 0 atom stereocenters. The van der Waals surface area contributed by atoms with Crippen LogP contribution in [0.2, 0.25) is 0 Å². The first-order valence-corrected chi connectivity index (χ1v) is 10.6. The van der Waals surface area contributed by atoms with Crippen molar-refractivity contribution in [1.82, 2.24) is 10.2 Å². The third kappa shape index (κ3) is 7.62. The van der Waals surface area contributed by atoms with Gasteiger partial charge in [0.1, 0.15) is 0 Å². The van der Waals surface area contributed by atoms with E-state index in [9.17, 15) is 13.6 Å². The second kappa shape index (κ2) is 12.2. The zero-order chi connectivity index (χ0) is 22.8. The molecular weight excluding hydrogens is 418 g/mol. The van der Waals surface area contributed by atoms with Crippen molar-refractivity contribution in [2.24, 2.45) is 0 Å². The van der Waals surface area contributed by atoms with Gasteiger partial charge in [-0.2, -0.15) is 8.78 Å². The van der Waals surface area contributed by atoms with E-state index < -0.39 is 6.61 Å². The van der Waals surface area contributed by atoms with Crippen LogP contribution in [0.4, 0.5) is 8.78 Å². The van der Waals surface area contributed by atoms with Gasteiger partial charge in [-0.25, -0.2) is 0 Å². The molecule has 0 aliphatic carbocycles. The highest BCUT2D eigenvalue weighted by molar-refractivity contribution is 5.91. The van der Waals surface area contributed by atoms with Crippen molar-refractivity contribution in [2.45, 2.75) is 26.6 Å². The number of halogens is 2. The molecule has 1 amide bonds. The zero-order valence-electron chi connectivity index (χ0n) is 18.1. The van der Waals surface area contributed by atoms with Gasteiger partial charge in [-0.15, -0.1) is 0 Å². The molecule has 1 heterocycles. The van der Waals surface area contributed by atoms with Crippen LogP contribution >= 0.6 is 0 Å². The summed E-state index contributed by atoms with van der Waals surface area (Å²) in [6, 6.07) is 12.7. The van der Waals surface area contributed by atoms with E-state index >= 15 is 0 Å². The highest BCUT2D eigenvalue weighted by atomic mass is 19.3. The number of alkyl halides is 2. The summed E-state index contributed by atoms with van der Waals surface area (Å²) in [4.78, 5) is 14.6. The van der Waals surface area contributed by atoms with E-state index in [1.54, 1.807) is 25.1 Å². The third-order valence-electron chi connectivity index (χ3n) is 4.88. The number of hydrogen-bond acceptors (Lipinski definition) is 5. The quantitative estimate of drug-likeness (QED) is 0.562. The Morgan fingerprint density at radius 2 is 1.94 bits per heavy atom. The molecule has 1 aliphatic heterocycles. The standard InChI is InChI=1S/C24H28F2N2O4/c1-2-31-22-15-18(6-8-21(22)32-24(25)26)7-9-23(29)27-16-19-4-3-5-20(14-19)17-28-10-12-30-13-11-28/h3-9,14-15,24H,2,10-13,16-17H2,1H3,(H,27,29)/b9-7+. The normalized spacial score (nSPS) is 14.6. The molecule has 0 spiro atoms. The average molecular weight is 446 g/mol. The second-order valence-electron chi connectivity index (χ2n) is 7.28. The predicted molar refractivity (Wildman–Crippen MR) is 118 cm³/mol. The summed E-state index contributed by atoms with van der Waals surface area (Å²) in [6.07, 6.45) is 3.00. The predicted octanol–water partition coefficient (Wildman–Crippen LogP) is 3.85. The summed E-state index contributed by atoms with van der Waals surface area (Å²) in [6.45, 7) is 3.75. The summed E-state index contributed by atoms with van der Waals surface area (Å²) < 4.78 is 40.2. The number of ether oxygens (including phenoxy) is 3. The smallest absolute Gasteiger partial charge is 0.387 e. The Hall–Kier alpha value is -2.97. The summed E-state index contributed by atoms with van der Waals surface area (Å²) >= 11 is 0. The molecule has 6 nitrogen and oxygen atoms in total. The van der Waals surface area contributed by atoms with Crippen molar-refractivity contribution < 1.29 is 27.8 Å². The van der Waals surface area contributed by atoms with Crippen LogP contribution < -0.4 is 14.8 Å². The van der Waals surface area contributed by atoms with E-state index in [0.717, 1.165) is 38.4 Å². The van der Waals surface area contributed by atoms with Crippen molar-refractivity contribution in [3.05, 3.63) is 65.2 Å². The van der Waals surface area contributed by atoms with E-state index in [1.807, 2.05) is 12.1 Å². The lowest BCUT2D eigenvalue weighted by Gasteiger charge is -2.26. The van der Waals surface area contributed by atoms with Gasteiger partial charge in [0.05, 0.1) is 19.8 Å². The highest BCUT2D eigenvalue weighted by Crippen LogP contribution is 2.30. The lowest BCUT2D eigenvalue weighted by Crippen LogP contribution is -2.35. The Balaban J connectivity index is 1.54. The molecule has 0 saturated carbocycles. The van der Waals surface area contributed by atoms with Crippen molar-refractivity contribution in [2.75, 3.05) is 32.9 Å². The van der Waals surface area contributed by atoms with E-state index in [1.165, 1.54) is 17.7 Å². The Morgan fingerprint density at radius 1 is 1.16 bits per heavy atom. The average Bonchev–Trinajstić information content (AvgIpc) is 2.78. The molecule has 1 saturated heterocycles. The minimum absolute atomic E-state index is 0.0413. The maximum absolute atomic E-state index is 12.5. The molecule has 2 aromatic rings. The number of amides is 1. The van der Waals surface area contributed by atoms with Crippen LogP contribution in [0.15, 0.2) is 48.5 Å². The summed E-state index contributed by atoms with van der Waals surface area (Å²) in [5, 5.41) is 2.86. The number of carbonyl (C=O) groups is 1. The fourth-order valence-electron chi connectivity index (χ4n) is 3.37. The third-order valence-corrected chi connectivity index (χ3v) is 4.88. The first kappa shape index (κ1) is 23.7. The number of benzene rings is 2. The van der Waals surface area contributed by atoms with Gasteiger partial charge in [0.25, 0.3) is 0 Å². The molecule has 32 heavy (non-hydrogen) atoms. The molecule has 1 N–H and O–H groups in total. The first-order chi connectivity index (χ1) is 15.5. The molecular formula is C24H28F2N2O4. The molecule has 0 aromatic heterocycles. The SMILES string of the molecule is CCOc1cc(/C=C/C(=O)NCc2cccc(CN3CCOCC3)c2)ccc1OC(F)F. The molecule has 0 bridgehead atoms. The Bertz CT molecular complexity index is 915. The number of hydrogen-bond donors (Lipinski definition) is 1. The molecule has 0 radical (unpaired) electrons. The minimum Gasteiger partial charge on any atom is -0.490 e. The van der Waals surface area contributed by atoms with Gasteiger partial charge in [0, 0.05) is 32.3 Å². The monoisotopic (exact) mass is 446 g/mol. The van der Waals surface area contributed by atoms with E-state index in [0.29, 0.717) is 18.7 Å². The summed E-state index contributed by atoms with van der Waals surface area (Å²) in [5.74, 6) is -0.0951. The molecule has 1 aliphatic rings. The van der Waals surface area contributed by atoms with Crippen molar-refractivity contribution in [3.8, 4) is 11.5 Å². The highest BCUT2D eigenvalue weighted by Gasteiger charge is 2.12. The number of morpholine rings is 1. The van der Waals surface area contributed by atoms with Crippen LogP contribution in [0.3, 0.4) is 0 Å². The van der Waals surface area contributed by atoms with Crippen molar-refractivity contribution in [3.63, 3.8) is 0 Å². The largest absolute Gasteiger partial charge is 0.490 e. The van der Waals surface area contributed by atoms with E-state index in [2.05, 4.69) is 27.1 Å². The molecule has 172 valence electrons. The lowest BCUT2D eigenvalue weighted by molar-refractivity contribution is -0.116. The summed E-state index contributed by atoms with van der Waals surface area (Å²) in [5.41, 5.74) is 2.85. The topological polar surface area (TPSA) is 60.0 Å². The van der Waals surface area contributed by atoms with Crippen LogP contribution in [0.1, 0.15) is 23.6 Å². The minimum atomic E-state index is -2.94. The van der Waals surface area contributed by atoms with Gasteiger partial charge in [0.15, 0.2) is 11.5 Å². The first-order valence-electron chi connectivity index (χ1n) is 10.6. The zero-order valence-corrected chi connectivity index (χ0v) is 18.1. The maximum atomic E-state index is 12.5. The van der Waals surface area contributed by atoms with Crippen LogP contribution in [0.5, 0.6) is 11.5 Å². The molecule has 1 fully saturated rings. The Labute approximate surface area is 186 Å². The van der Waals surface area contributed by atoms with Gasteiger partial charge < -0.3 is 19.5 Å². The lowest BCUT2D eigenvalue weighted by atomic mass is 10.1. The molecule has 2 aromatic carbocycles. The van der Waals surface area contributed by atoms with Crippen LogP contribution in [-0.4, -0.2) is 50.3 Å². The van der Waals surface area contributed by atoms with Gasteiger partial charge in [-0.05, 0) is 41.8 Å². The molecule has 8 heteroatoms. The van der Waals surface area contributed by atoms with Crippen LogP contribution in [0.25, 0.3) is 6.08 Å². The van der Waals surface area contributed by atoms with Gasteiger partial charge >= 0.3 is 6.61 Å². The maximum Gasteiger partial charge on any atom is 0.387 e. The molecule has 3 rings (SSSR count). The fourth-order valence-corrected chi connectivity index (χ4v) is 3.37. The van der Waals surface area contributed by atoms with Crippen LogP contribution in [-0.2, 0) is 22.6 Å². The summed E-state index contributed by atoms with van der Waals surface area (Å²) in [7, 11) is 0. The number of carbonyl (C=O) groups excluding carboxylic acids is 1. The van der Waals surface area contributed by atoms with Gasteiger partial charge in [-0.1, -0.05) is 30.3 Å². The number of nitrogens with one attached hydrogen (secondary N) is 1. The Kier molecular flexibility index (Phi) is 9.01. The van der Waals surface area contributed by atoms with Crippen molar-refractivity contribution >= 4 is 12.0 Å². The molecule has 0 unspecified atom stereocenters. The number of nitrogens with zero attached hydrogens (tertiary/aromatic N) is 1. The van der Waals surface area contributed by atoms with Crippen molar-refractivity contribution in [1.29, 1.82) is 0 Å². The van der Waals surface area contributed by atoms with Gasteiger partial charge in [0.2, 0.25) is 5.91 Å². The second-order valence-corrected chi connectivity index (χ2v) is 7.28. The van der Waals surface area contributed by atoms with Gasteiger partial charge in [-0.3, -0.25) is 9.69 Å². The van der Waals surface area contributed by atoms with E-state index in [-0.39, 0.29) is 17.4 Å².